The Morgan fingerprint density at radius 1 is 1.33 bits per heavy atom. The average Bonchev–Trinajstić information content (AvgIpc) is 2.53. The largest absolute Gasteiger partial charge is 0.316 e. The molecule has 1 nitrogen and oxygen atoms in total. The van der Waals surface area contributed by atoms with E-state index < -0.39 is 0 Å². The zero-order valence-corrected chi connectivity index (χ0v) is 10.7. The highest BCUT2D eigenvalue weighted by Gasteiger charge is 2.46. The van der Waals surface area contributed by atoms with E-state index >= 15 is 0 Å². The van der Waals surface area contributed by atoms with Crippen molar-refractivity contribution in [3.63, 3.8) is 0 Å². The van der Waals surface area contributed by atoms with Crippen molar-refractivity contribution in [2.75, 3.05) is 13.1 Å². The summed E-state index contributed by atoms with van der Waals surface area (Å²) in [4.78, 5) is 0. The van der Waals surface area contributed by atoms with Crippen molar-refractivity contribution in [1.82, 2.24) is 5.32 Å². The molecule has 0 aromatic heterocycles. The molecule has 0 aromatic carbocycles. The Balaban J connectivity index is 2.11. The van der Waals surface area contributed by atoms with Crippen molar-refractivity contribution < 1.29 is 0 Å². The fourth-order valence-electron chi connectivity index (χ4n) is 4.14. The molecule has 15 heavy (non-hydrogen) atoms. The first-order chi connectivity index (χ1) is 7.15. The molecule has 0 bridgehead atoms. The van der Waals surface area contributed by atoms with Crippen LogP contribution in [0.1, 0.15) is 52.9 Å². The Kier molecular flexibility index (Phi) is 3.39. The van der Waals surface area contributed by atoms with Crippen LogP contribution in [0.4, 0.5) is 0 Å². The molecule has 1 spiro atoms. The SMILES string of the molecule is CC(C)CC1CNCCC12CCCC2C. The van der Waals surface area contributed by atoms with Crippen LogP contribution < -0.4 is 5.32 Å². The maximum atomic E-state index is 3.61. The van der Waals surface area contributed by atoms with Crippen LogP contribution in [0.3, 0.4) is 0 Å². The summed E-state index contributed by atoms with van der Waals surface area (Å²) in [6.07, 6.45) is 7.33. The van der Waals surface area contributed by atoms with Crippen molar-refractivity contribution in [2.45, 2.75) is 52.9 Å². The van der Waals surface area contributed by atoms with Gasteiger partial charge in [0.15, 0.2) is 0 Å². The molecule has 1 heterocycles. The molecule has 1 aliphatic heterocycles. The molecular formula is C14H27N. The second kappa shape index (κ2) is 4.45. The van der Waals surface area contributed by atoms with Gasteiger partial charge in [0, 0.05) is 0 Å². The van der Waals surface area contributed by atoms with Gasteiger partial charge in [-0.05, 0) is 55.5 Å². The second-order valence-electron chi connectivity index (χ2n) is 6.31. The summed E-state index contributed by atoms with van der Waals surface area (Å²) in [5, 5.41) is 3.61. The molecule has 0 radical (unpaired) electrons. The number of rotatable bonds is 2. The average molecular weight is 209 g/mol. The lowest BCUT2D eigenvalue weighted by molar-refractivity contribution is 0.0538. The van der Waals surface area contributed by atoms with Crippen molar-refractivity contribution in [3.8, 4) is 0 Å². The third-order valence-electron chi connectivity index (χ3n) is 4.99. The number of hydrogen-bond donors (Lipinski definition) is 1. The third-order valence-corrected chi connectivity index (χ3v) is 4.99. The van der Waals surface area contributed by atoms with Gasteiger partial charge in [0.05, 0.1) is 0 Å². The van der Waals surface area contributed by atoms with Crippen LogP contribution in [0, 0.1) is 23.2 Å². The summed E-state index contributed by atoms with van der Waals surface area (Å²) in [6, 6.07) is 0. The van der Waals surface area contributed by atoms with Crippen LogP contribution in [-0.2, 0) is 0 Å². The molecule has 1 N–H and O–H groups in total. The normalized spacial score (nSPS) is 41.6. The van der Waals surface area contributed by atoms with Gasteiger partial charge in [-0.3, -0.25) is 0 Å². The molecular weight excluding hydrogens is 182 g/mol. The number of piperidine rings is 1. The summed E-state index contributed by atoms with van der Waals surface area (Å²) >= 11 is 0. The minimum atomic E-state index is 0.718. The molecule has 2 rings (SSSR count). The van der Waals surface area contributed by atoms with E-state index in [1.807, 2.05) is 0 Å². The molecule has 3 unspecified atom stereocenters. The molecule has 0 amide bonds. The molecule has 0 aromatic rings. The predicted octanol–water partition coefficient (Wildman–Crippen LogP) is 3.45. The van der Waals surface area contributed by atoms with E-state index in [9.17, 15) is 0 Å². The fourth-order valence-corrected chi connectivity index (χ4v) is 4.14. The topological polar surface area (TPSA) is 12.0 Å². The Bertz CT molecular complexity index is 211. The number of nitrogens with one attached hydrogen (secondary N) is 1. The van der Waals surface area contributed by atoms with Crippen LogP contribution >= 0.6 is 0 Å². The van der Waals surface area contributed by atoms with E-state index in [0.717, 1.165) is 23.2 Å². The zero-order valence-electron chi connectivity index (χ0n) is 10.7. The van der Waals surface area contributed by atoms with E-state index in [1.54, 1.807) is 0 Å². The first kappa shape index (κ1) is 11.4. The van der Waals surface area contributed by atoms with E-state index in [2.05, 4.69) is 26.1 Å². The maximum Gasteiger partial charge on any atom is -0.00150 e. The van der Waals surface area contributed by atoms with E-state index in [4.69, 9.17) is 0 Å². The Morgan fingerprint density at radius 3 is 2.73 bits per heavy atom. The van der Waals surface area contributed by atoms with Gasteiger partial charge >= 0.3 is 0 Å². The highest BCUT2D eigenvalue weighted by atomic mass is 14.9. The lowest BCUT2D eigenvalue weighted by Crippen LogP contribution is -2.47. The lowest BCUT2D eigenvalue weighted by atomic mass is 9.63. The van der Waals surface area contributed by atoms with Gasteiger partial charge in [-0.25, -0.2) is 0 Å². The summed E-state index contributed by atoms with van der Waals surface area (Å²) in [6.45, 7) is 9.80. The molecule has 1 heteroatoms. The van der Waals surface area contributed by atoms with Crippen LogP contribution in [0.25, 0.3) is 0 Å². The van der Waals surface area contributed by atoms with E-state index in [0.29, 0.717) is 0 Å². The van der Waals surface area contributed by atoms with Crippen LogP contribution in [-0.4, -0.2) is 13.1 Å². The Labute approximate surface area is 95.0 Å². The monoisotopic (exact) mass is 209 g/mol. The van der Waals surface area contributed by atoms with Gasteiger partial charge in [-0.15, -0.1) is 0 Å². The molecule has 2 fully saturated rings. The van der Waals surface area contributed by atoms with Gasteiger partial charge in [0.1, 0.15) is 0 Å². The van der Waals surface area contributed by atoms with Crippen LogP contribution in [0.2, 0.25) is 0 Å². The number of hydrogen-bond acceptors (Lipinski definition) is 1. The molecule has 1 saturated heterocycles. The van der Waals surface area contributed by atoms with Gasteiger partial charge < -0.3 is 5.32 Å². The molecule has 3 atom stereocenters. The fraction of sp³-hybridized carbons (Fsp3) is 1.00. The molecule has 2 aliphatic rings. The highest BCUT2D eigenvalue weighted by Crippen LogP contribution is 2.53. The Morgan fingerprint density at radius 2 is 2.13 bits per heavy atom. The standard InChI is InChI=1S/C14H27N/c1-11(2)9-13-10-15-8-7-14(13)6-4-5-12(14)3/h11-13,15H,4-10H2,1-3H3. The van der Waals surface area contributed by atoms with Gasteiger partial charge in [-0.2, -0.15) is 0 Å². The Hall–Kier alpha value is -0.0400. The van der Waals surface area contributed by atoms with Crippen molar-refractivity contribution in [1.29, 1.82) is 0 Å². The summed E-state index contributed by atoms with van der Waals surface area (Å²) < 4.78 is 0. The summed E-state index contributed by atoms with van der Waals surface area (Å²) in [5.74, 6) is 2.78. The summed E-state index contributed by atoms with van der Waals surface area (Å²) in [7, 11) is 0. The van der Waals surface area contributed by atoms with Crippen molar-refractivity contribution >= 4 is 0 Å². The molecule has 1 saturated carbocycles. The zero-order chi connectivity index (χ0) is 10.9. The first-order valence-electron chi connectivity index (χ1n) is 6.86. The third kappa shape index (κ3) is 2.08. The van der Waals surface area contributed by atoms with Crippen molar-refractivity contribution in [3.05, 3.63) is 0 Å². The summed E-state index contributed by atoms with van der Waals surface area (Å²) in [5.41, 5.74) is 0.718. The highest BCUT2D eigenvalue weighted by molar-refractivity contribution is 4.98. The van der Waals surface area contributed by atoms with Crippen LogP contribution in [0.5, 0.6) is 0 Å². The van der Waals surface area contributed by atoms with E-state index in [1.165, 1.54) is 45.2 Å². The predicted molar refractivity (Wildman–Crippen MR) is 65.9 cm³/mol. The van der Waals surface area contributed by atoms with E-state index in [-0.39, 0.29) is 0 Å². The minimum absolute atomic E-state index is 0.718. The molecule has 88 valence electrons. The second-order valence-corrected chi connectivity index (χ2v) is 6.31. The molecule has 1 aliphatic carbocycles. The maximum absolute atomic E-state index is 3.61. The minimum Gasteiger partial charge on any atom is -0.316 e. The first-order valence-corrected chi connectivity index (χ1v) is 6.86. The van der Waals surface area contributed by atoms with Gasteiger partial charge in [0.25, 0.3) is 0 Å². The smallest absolute Gasteiger partial charge is 0.00150 e. The van der Waals surface area contributed by atoms with Crippen molar-refractivity contribution in [2.24, 2.45) is 23.2 Å². The van der Waals surface area contributed by atoms with Gasteiger partial charge in [-0.1, -0.05) is 33.6 Å². The van der Waals surface area contributed by atoms with Crippen LogP contribution in [0.15, 0.2) is 0 Å². The quantitative estimate of drug-likeness (QED) is 0.734. The lowest BCUT2D eigenvalue weighted by Gasteiger charge is -2.46. The van der Waals surface area contributed by atoms with Gasteiger partial charge in [0.2, 0.25) is 0 Å².